The topological polar surface area (TPSA) is 102 Å². The largest absolute Gasteiger partial charge is 0.499 e. The summed E-state index contributed by atoms with van der Waals surface area (Å²) in [6.45, 7) is 0. The zero-order valence-corrected chi connectivity index (χ0v) is 14.1. The maximum absolute atomic E-state index is 13.0. The van der Waals surface area contributed by atoms with Crippen molar-refractivity contribution >= 4 is 29.5 Å². The van der Waals surface area contributed by atoms with Crippen LogP contribution in [0, 0.1) is 0 Å². The molecule has 0 aliphatic heterocycles. The van der Waals surface area contributed by atoms with Crippen LogP contribution < -0.4 is 0 Å². The summed E-state index contributed by atoms with van der Waals surface area (Å²) in [6.07, 6.45) is -15.2. The average molecular weight is 512 g/mol. The van der Waals surface area contributed by atoms with E-state index in [-0.39, 0.29) is 0 Å². The van der Waals surface area contributed by atoms with Gasteiger partial charge >= 0.3 is 28.4 Å². The molecule has 28 heavy (non-hydrogen) atoms. The molecular formula is C6HF13O6S3. The quantitative estimate of drug-likeness (QED) is 0.525. The van der Waals surface area contributed by atoms with Crippen molar-refractivity contribution in [3.8, 4) is 0 Å². The van der Waals surface area contributed by atoms with E-state index in [4.69, 9.17) is 0 Å². The van der Waals surface area contributed by atoms with Crippen molar-refractivity contribution in [1.29, 1.82) is 0 Å². The summed E-state index contributed by atoms with van der Waals surface area (Å²) in [4.78, 5) is 0. The SMILES string of the molecule is O=S(=O)(C(S(=O)(=O)C(F)(F)C(F)(F)F)S(=O)(=O)C(F)(F)C(F)(F)F)C(F)(F)F. The molecule has 0 heterocycles. The van der Waals surface area contributed by atoms with E-state index in [1.807, 2.05) is 0 Å². The van der Waals surface area contributed by atoms with Crippen molar-refractivity contribution in [3.05, 3.63) is 0 Å². The van der Waals surface area contributed by atoms with Crippen molar-refractivity contribution in [2.24, 2.45) is 0 Å². The second kappa shape index (κ2) is 6.47. The molecule has 0 unspecified atom stereocenters. The number of halogens is 13. The third kappa shape index (κ3) is 3.73. The maximum atomic E-state index is 13.0. The van der Waals surface area contributed by atoms with E-state index in [1.54, 1.807) is 0 Å². The van der Waals surface area contributed by atoms with Gasteiger partial charge in [0.1, 0.15) is 0 Å². The molecule has 0 amide bonds. The molecule has 0 atom stereocenters. The molecule has 0 saturated heterocycles. The highest BCUT2D eigenvalue weighted by Gasteiger charge is 2.81. The highest BCUT2D eigenvalue weighted by molar-refractivity contribution is 8.25. The van der Waals surface area contributed by atoms with E-state index in [9.17, 15) is 82.3 Å². The number of sulfone groups is 3. The predicted molar refractivity (Wildman–Crippen MR) is 58.6 cm³/mol. The lowest BCUT2D eigenvalue weighted by atomic mass is 10.7. The third-order valence-corrected chi connectivity index (χ3v) is 11.1. The molecule has 170 valence electrons. The molecular weight excluding hydrogens is 511 g/mol. The van der Waals surface area contributed by atoms with Gasteiger partial charge in [0.15, 0.2) is 0 Å². The average Bonchev–Trinajstić information content (AvgIpc) is 2.32. The lowest BCUT2D eigenvalue weighted by molar-refractivity contribution is -0.242. The van der Waals surface area contributed by atoms with Gasteiger partial charge in [0.2, 0.25) is 0 Å². The first-order chi connectivity index (χ1) is 11.6. The van der Waals surface area contributed by atoms with Crippen LogP contribution in [-0.4, -0.2) is 57.5 Å². The molecule has 0 aromatic carbocycles. The van der Waals surface area contributed by atoms with Crippen LogP contribution in [0.3, 0.4) is 0 Å². The fourth-order valence-corrected chi connectivity index (χ4v) is 8.63. The minimum Gasteiger partial charge on any atom is -0.220 e. The van der Waals surface area contributed by atoms with Gasteiger partial charge in [0, 0.05) is 0 Å². The first kappa shape index (κ1) is 26.9. The highest BCUT2D eigenvalue weighted by atomic mass is 32.3. The van der Waals surface area contributed by atoms with Gasteiger partial charge in [-0.25, -0.2) is 25.3 Å². The van der Waals surface area contributed by atoms with Gasteiger partial charge in [-0.15, -0.1) is 0 Å². The molecule has 22 heteroatoms. The summed E-state index contributed by atoms with van der Waals surface area (Å²) >= 11 is 0. The molecule has 0 saturated carbocycles. The van der Waals surface area contributed by atoms with Crippen LogP contribution in [-0.2, 0) is 29.5 Å². The minimum atomic E-state index is -8.83. The monoisotopic (exact) mass is 512 g/mol. The van der Waals surface area contributed by atoms with Gasteiger partial charge < -0.3 is 0 Å². The molecule has 0 spiro atoms. The number of rotatable bonds is 5. The third-order valence-electron chi connectivity index (χ3n) is 2.46. The van der Waals surface area contributed by atoms with Crippen LogP contribution in [0.1, 0.15) is 0 Å². The van der Waals surface area contributed by atoms with Crippen molar-refractivity contribution in [3.63, 3.8) is 0 Å². The Labute approximate surface area is 145 Å². The van der Waals surface area contributed by atoms with Crippen LogP contribution in [0.4, 0.5) is 57.1 Å². The van der Waals surface area contributed by atoms with E-state index >= 15 is 0 Å². The van der Waals surface area contributed by atoms with E-state index < -0.39 is 61.8 Å². The minimum absolute atomic E-state index is 6.61. The van der Waals surface area contributed by atoms with Crippen LogP contribution in [0.15, 0.2) is 0 Å². The van der Waals surface area contributed by atoms with Gasteiger partial charge in [0.05, 0.1) is 0 Å². The van der Waals surface area contributed by atoms with Gasteiger partial charge in [-0.05, 0) is 0 Å². The molecule has 0 fully saturated rings. The number of alkyl halides is 13. The molecule has 0 aliphatic carbocycles. The number of hydrogen-bond donors (Lipinski definition) is 0. The van der Waals surface area contributed by atoms with Crippen LogP contribution in [0.5, 0.6) is 0 Å². The van der Waals surface area contributed by atoms with Crippen molar-refractivity contribution < 1.29 is 82.3 Å². The van der Waals surface area contributed by atoms with Crippen LogP contribution >= 0.6 is 0 Å². The fraction of sp³-hybridized carbons (Fsp3) is 1.00. The summed E-state index contributed by atoms with van der Waals surface area (Å²) < 4.78 is 221. The summed E-state index contributed by atoms with van der Waals surface area (Å²) in [7, 11) is -26.2. The second-order valence-corrected chi connectivity index (χ2v) is 11.5. The van der Waals surface area contributed by atoms with Crippen molar-refractivity contribution in [2.75, 3.05) is 0 Å². The van der Waals surface area contributed by atoms with Gasteiger partial charge in [-0.3, -0.25) is 0 Å². The Morgan fingerprint density at radius 2 is 0.643 bits per heavy atom. The van der Waals surface area contributed by atoms with E-state index in [1.165, 1.54) is 0 Å². The maximum Gasteiger partial charge on any atom is 0.499 e. The van der Waals surface area contributed by atoms with Crippen molar-refractivity contribution in [2.45, 2.75) is 32.3 Å². The molecule has 0 aromatic rings. The van der Waals surface area contributed by atoms with Crippen LogP contribution in [0.2, 0.25) is 0 Å². The smallest absolute Gasteiger partial charge is 0.220 e. The molecule has 0 N–H and O–H groups in total. The fourth-order valence-electron chi connectivity index (χ4n) is 1.17. The van der Waals surface area contributed by atoms with Gasteiger partial charge in [0.25, 0.3) is 33.4 Å². The van der Waals surface area contributed by atoms with E-state index in [2.05, 4.69) is 0 Å². The molecule has 0 bridgehead atoms. The normalized spacial score (nSPS) is 16.5. The zero-order valence-electron chi connectivity index (χ0n) is 11.7. The molecule has 0 aromatic heterocycles. The summed E-state index contributed by atoms with van der Waals surface area (Å²) in [5.74, 6) is 0. The van der Waals surface area contributed by atoms with E-state index in [0.717, 1.165) is 0 Å². The molecule has 0 rings (SSSR count). The first-order valence-corrected chi connectivity index (χ1v) is 9.92. The molecule has 6 nitrogen and oxygen atoms in total. The van der Waals surface area contributed by atoms with Gasteiger partial charge in [-0.1, -0.05) is 0 Å². The van der Waals surface area contributed by atoms with Crippen LogP contribution in [0.25, 0.3) is 0 Å². The van der Waals surface area contributed by atoms with E-state index in [0.29, 0.717) is 0 Å². The predicted octanol–water partition coefficient (Wildman–Crippen LogP) is 2.34. The second-order valence-electron chi connectivity index (χ2n) is 4.40. The lowest BCUT2D eigenvalue weighted by Crippen LogP contribution is -2.60. The molecule has 0 radical (unpaired) electrons. The summed E-state index contributed by atoms with van der Waals surface area (Å²) in [6, 6.07) is 0. The highest BCUT2D eigenvalue weighted by Crippen LogP contribution is 2.50. The first-order valence-electron chi connectivity index (χ1n) is 5.28. The van der Waals surface area contributed by atoms with Gasteiger partial charge in [-0.2, -0.15) is 57.1 Å². The Morgan fingerprint density at radius 1 is 0.429 bits per heavy atom. The Hall–Kier alpha value is -1.06. The molecule has 0 aliphatic rings. The Balaban J connectivity index is 7.54. The summed E-state index contributed by atoms with van der Waals surface area (Å²) in [5.41, 5.74) is -7.47. The van der Waals surface area contributed by atoms with Crippen molar-refractivity contribution in [1.82, 2.24) is 0 Å². The lowest BCUT2D eigenvalue weighted by Gasteiger charge is -2.28. The summed E-state index contributed by atoms with van der Waals surface area (Å²) in [5, 5.41) is -15.6. The Morgan fingerprint density at radius 3 is 0.786 bits per heavy atom. The zero-order chi connectivity index (χ0) is 23.6. The number of hydrogen-bond acceptors (Lipinski definition) is 6. The standard InChI is InChI=1S/C6HF13O6S3/c7-2(8,9)4(13,14)26(20,21)1(28(24,25)6(17,18)19)27(22,23)5(15,16)3(10,11)12/h1H. The Kier molecular flexibility index (Phi) is 6.22. The Bertz CT molecular complexity index is 861.